The maximum absolute atomic E-state index is 15.3. The normalized spacial score (nSPS) is 21.4. The van der Waals surface area contributed by atoms with Gasteiger partial charge in [-0.05, 0) is 108 Å². The number of hydrogen-bond donors (Lipinski definition) is 3. The van der Waals surface area contributed by atoms with Gasteiger partial charge in [-0.25, -0.2) is 12.8 Å². The third-order valence-corrected chi connectivity index (χ3v) is 11.7. The lowest BCUT2D eigenvalue weighted by molar-refractivity contribution is -0.176. The van der Waals surface area contributed by atoms with E-state index in [1.165, 1.54) is 6.07 Å². The first-order valence-corrected chi connectivity index (χ1v) is 18.6. The molecular formula is C37H48ClFN4O4S. The van der Waals surface area contributed by atoms with Gasteiger partial charge < -0.3 is 21.1 Å². The number of ether oxygens (including phenoxy) is 1. The first-order chi connectivity index (χ1) is 22.7. The first kappa shape index (κ1) is 36.4. The van der Waals surface area contributed by atoms with Crippen LogP contribution in [-0.4, -0.2) is 61.6 Å². The summed E-state index contributed by atoms with van der Waals surface area (Å²) in [5.41, 5.74) is 7.66. The number of nitrogens with zero attached hydrogens (tertiary/aromatic N) is 1. The van der Waals surface area contributed by atoms with E-state index in [1.807, 2.05) is 24.3 Å². The van der Waals surface area contributed by atoms with Crippen molar-refractivity contribution in [2.45, 2.75) is 93.9 Å². The highest BCUT2D eigenvalue weighted by atomic mass is 35.5. The summed E-state index contributed by atoms with van der Waals surface area (Å²) in [4.78, 5) is 14.2. The van der Waals surface area contributed by atoms with Gasteiger partial charge in [0.1, 0.15) is 5.82 Å². The number of nitrogens with one attached hydrogen (secondary N) is 2. The number of rotatable bonds is 11. The average molecular weight is 699 g/mol. The van der Waals surface area contributed by atoms with Crippen molar-refractivity contribution < 1.29 is 22.3 Å². The van der Waals surface area contributed by atoms with E-state index in [-0.39, 0.29) is 22.8 Å². The van der Waals surface area contributed by atoms with E-state index in [4.69, 9.17) is 22.1 Å². The molecule has 260 valence electrons. The minimum Gasteiger partial charge on any atom is -0.370 e. The summed E-state index contributed by atoms with van der Waals surface area (Å²) in [7, 11) is -3.67. The van der Waals surface area contributed by atoms with Crippen molar-refractivity contribution in [3.8, 4) is 0 Å². The number of carbonyl (C=O) groups is 1. The average Bonchev–Trinajstić information content (AvgIpc) is 3.02. The number of carbonyl (C=O) groups excluding carboxylic acids is 1. The van der Waals surface area contributed by atoms with Gasteiger partial charge in [0.05, 0.1) is 22.1 Å². The van der Waals surface area contributed by atoms with Crippen LogP contribution in [0, 0.1) is 11.7 Å². The quantitative estimate of drug-likeness (QED) is 0.211. The molecule has 2 heterocycles. The minimum atomic E-state index is -3.67. The number of hydrogen-bond acceptors (Lipinski definition) is 6. The van der Waals surface area contributed by atoms with Crippen LogP contribution in [0.4, 0.5) is 10.1 Å². The van der Waals surface area contributed by atoms with Crippen LogP contribution in [0.15, 0.2) is 77.7 Å². The molecule has 1 amide bonds. The summed E-state index contributed by atoms with van der Waals surface area (Å²) in [6, 6.07) is 19.3. The lowest BCUT2D eigenvalue weighted by atomic mass is 9.69. The molecule has 0 unspecified atom stereocenters. The lowest BCUT2D eigenvalue weighted by Gasteiger charge is -2.48. The first-order valence-electron chi connectivity index (χ1n) is 16.7. The van der Waals surface area contributed by atoms with Gasteiger partial charge in [0.25, 0.3) is 0 Å². The molecule has 3 aromatic rings. The van der Waals surface area contributed by atoms with E-state index < -0.39 is 39.0 Å². The molecule has 3 aromatic carbocycles. The second kappa shape index (κ2) is 14.9. The Bertz CT molecular complexity index is 1650. The Morgan fingerprint density at radius 2 is 1.71 bits per heavy atom. The van der Waals surface area contributed by atoms with Crippen LogP contribution in [0.5, 0.6) is 0 Å². The standard InChI is InChI=1S/C37H48ClFN4O4S/c1-36(2)22-26(23-37(3,4)47-36)33(25-16-18-27(38)19-17-25)34(40)35(44)42-32-15-9-14-31(39)30(32)13-8-10-28-24-41-20-21-43(28)48(45,46)29-11-6-5-7-12-29/h5-7,9,11-12,14-19,26,28,33-34,41H,8,10,13,20-24,40H2,1-4H3,(H,42,44)/t28-,33-,34-/m0/s1. The van der Waals surface area contributed by atoms with E-state index in [0.717, 1.165) is 5.56 Å². The smallest absolute Gasteiger partial charge is 0.243 e. The predicted octanol–water partition coefficient (Wildman–Crippen LogP) is 6.50. The molecule has 0 saturated carbocycles. The van der Waals surface area contributed by atoms with E-state index in [0.29, 0.717) is 68.0 Å². The van der Waals surface area contributed by atoms with Gasteiger partial charge in [0, 0.05) is 47.9 Å². The topological polar surface area (TPSA) is 114 Å². The Hall–Kier alpha value is -2.86. The molecule has 8 nitrogen and oxygen atoms in total. The van der Waals surface area contributed by atoms with Crippen LogP contribution in [0.3, 0.4) is 0 Å². The van der Waals surface area contributed by atoms with Gasteiger partial charge in [-0.2, -0.15) is 4.31 Å². The summed E-state index contributed by atoms with van der Waals surface area (Å²) < 4.78 is 50.1. The van der Waals surface area contributed by atoms with Crippen molar-refractivity contribution in [2.24, 2.45) is 11.7 Å². The van der Waals surface area contributed by atoms with Crippen molar-refractivity contribution in [3.63, 3.8) is 0 Å². The van der Waals surface area contributed by atoms with E-state index in [1.54, 1.807) is 46.8 Å². The molecule has 2 fully saturated rings. The Balaban J connectivity index is 1.32. The van der Waals surface area contributed by atoms with Gasteiger partial charge in [0.2, 0.25) is 15.9 Å². The fraction of sp³-hybridized carbons (Fsp3) is 0.486. The van der Waals surface area contributed by atoms with Crippen LogP contribution in [-0.2, 0) is 26.0 Å². The summed E-state index contributed by atoms with van der Waals surface area (Å²) in [5, 5.41) is 6.85. The van der Waals surface area contributed by atoms with Crippen molar-refractivity contribution >= 4 is 33.2 Å². The molecule has 2 saturated heterocycles. The maximum Gasteiger partial charge on any atom is 0.243 e. The Labute approximate surface area is 289 Å². The molecular weight excluding hydrogens is 651 g/mol. The fourth-order valence-electron chi connectivity index (χ4n) is 7.73. The van der Waals surface area contributed by atoms with Crippen molar-refractivity contribution in [2.75, 3.05) is 25.0 Å². The molecule has 11 heteroatoms. The zero-order chi connectivity index (χ0) is 34.7. The lowest BCUT2D eigenvalue weighted by Crippen LogP contribution is -2.53. The number of benzene rings is 3. The zero-order valence-corrected chi connectivity index (χ0v) is 29.8. The van der Waals surface area contributed by atoms with Gasteiger partial charge in [-0.1, -0.05) is 48.0 Å². The number of piperazine rings is 1. The van der Waals surface area contributed by atoms with E-state index in [9.17, 15) is 13.2 Å². The van der Waals surface area contributed by atoms with E-state index >= 15 is 4.39 Å². The molecule has 0 spiro atoms. The molecule has 0 bridgehead atoms. The fourth-order valence-corrected chi connectivity index (χ4v) is 9.54. The summed E-state index contributed by atoms with van der Waals surface area (Å²) >= 11 is 6.22. The molecule has 4 N–H and O–H groups in total. The van der Waals surface area contributed by atoms with Crippen LogP contribution in [0.1, 0.15) is 70.4 Å². The number of anilines is 1. The third kappa shape index (κ3) is 8.64. The van der Waals surface area contributed by atoms with Crippen LogP contribution >= 0.6 is 11.6 Å². The van der Waals surface area contributed by atoms with Gasteiger partial charge in [-0.15, -0.1) is 0 Å². The summed E-state index contributed by atoms with van der Waals surface area (Å²) in [6.07, 6.45) is 2.78. The zero-order valence-electron chi connectivity index (χ0n) is 28.2. The molecule has 0 aliphatic carbocycles. The second-order valence-electron chi connectivity index (χ2n) is 14.3. The molecule has 3 atom stereocenters. The predicted molar refractivity (Wildman–Crippen MR) is 189 cm³/mol. The number of halogens is 2. The van der Waals surface area contributed by atoms with E-state index in [2.05, 4.69) is 38.3 Å². The summed E-state index contributed by atoms with van der Waals surface area (Å²) in [5.74, 6) is -1.13. The molecule has 5 rings (SSSR count). The van der Waals surface area contributed by atoms with Crippen molar-refractivity contribution in [3.05, 3.63) is 94.8 Å². The molecule has 2 aliphatic heterocycles. The van der Waals surface area contributed by atoms with Crippen LogP contribution < -0.4 is 16.4 Å². The maximum atomic E-state index is 15.3. The number of sulfonamides is 1. The Kier molecular flexibility index (Phi) is 11.3. The van der Waals surface area contributed by atoms with Gasteiger partial charge in [0.15, 0.2) is 0 Å². The van der Waals surface area contributed by atoms with Crippen LogP contribution in [0.25, 0.3) is 0 Å². The largest absolute Gasteiger partial charge is 0.370 e. The summed E-state index contributed by atoms with van der Waals surface area (Å²) in [6.45, 7) is 9.67. The van der Waals surface area contributed by atoms with Crippen molar-refractivity contribution in [1.82, 2.24) is 9.62 Å². The third-order valence-electron chi connectivity index (χ3n) is 9.50. The highest BCUT2D eigenvalue weighted by molar-refractivity contribution is 7.89. The molecule has 0 aromatic heterocycles. The Morgan fingerprint density at radius 1 is 1.04 bits per heavy atom. The Morgan fingerprint density at radius 3 is 2.38 bits per heavy atom. The minimum absolute atomic E-state index is 0.0388. The van der Waals surface area contributed by atoms with Gasteiger partial charge >= 0.3 is 0 Å². The second-order valence-corrected chi connectivity index (χ2v) is 16.7. The highest BCUT2D eigenvalue weighted by Gasteiger charge is 2.45. The molecule has 2 aliphatic rings. The SMILES string of the molecule is CC1(C)CC([C@H](c2ccc(Cl)cc2)[C@H](N)C(=O)Nc2cccc(F)c2CCC[C@H]2CNCCN2S(=O)(=O)c2ccccc2)CC(C)(C)O1. The number of nitrogens with two attached hydrogens (primary N) is 1. The van der Waals surface area contributed by atoms with Gasteiger partial charge in [-0.3, -0.25) is 4.79 Å². The molecule has 48 heavy (non-hydrogen) atoms. The van der Waals surface area contributed by atoms with Crippen LogP contribution in [0.2, 0.25) is 5.02 Å². The number of amides is 1. The monoisotopic (exact) mass is 698 g/mol. The highest BCUT2D eigenvalue weighted by Crippen LogP contribution is 2.46. The van der Waals surface area contributed by atoms with Crippen molar-refractivity contribution in [1.29, 1.82) is 0 Å². The molecule has 0 radical (unpaired) electrons.